The van der Waals surface area contributed by atoms with E-state index in [2.05, 4.69) is 5.10 Å². The molecular formula is C15H16N4O5. The van der Waals surface area contributed by atoms with Crippen molar-refractivity contribution in [3.63, 3.8) is 0 Å². The Balaban J connectivity index is 2.07. The molecule has 0 saturated heterocycles. The van der Waals surface area contributed by atoms with Gasteiger partial charge in [-0.25, -0.2) is 4.79 Å². The molecule has 24 heavy (non-hydrogen) atoms. The standard InChI is InChI=1S/C15H16N4O5/c1-17(12(15(21)22)9-11-5-3-2-4-6-11)14(20)10-18-8-7-13(16-18)19(23)24/h2-8,12H,9-10H2,1H3,(H,21,22). The van der Waals surface area contributed by atoms with Gasteiger partial charge in [-0.3, -0.25) is 4.79 Å². The van der Waals surface area contributed by atoms with Gasteiger partial charge in [0.25, 0.3) is 0 Å². The number of carboxylic acids is 1. The average Bonchev–Trinajstić information content (AvgIpc) is 3.01. The Kier molecular flexibility index (Phi) is 5.25. The molecule has 1 unspecified atom stereocenters. The van der Waals surface area contributed by atoms with Gasteiger partial charge >= 0.3 is 11.8 Å². The van der Waals surface area contributed by atoms with Gasteiger partial charge in [0.2, 0.25) is 5.91 Å². The van der Waals surface area contributed by atoms with Gasteiger partial charge in [0, 0.05) is 13.5 Å². The van der Waals surface area contributed by atoms with E-state index in [9.17, 15) is 24.8 Å². The fourth-order valence-electron chi connectivity index (χ4n) is 2.19. The number of amides is 1. The zero-order valence-corrected chi connectivity index (χ0v) is 12.9. The fraction of sp³-hybridized carbons (Fsp3) is 0.267. The van der Waals surface area contributed by atoms with E-state index in [1.54, 1.807) is 24.3 Å². The lowest BCUT2D eigenvalue weighted by Gasteiger charge is -2.24. The molecule has 0 aliphatic heterocycles. The van der Waals surface area contributed by atoms with Gasteiger partial charge in [0.1, 0.15) is 12.6 Å². The van der Waals surface area contributed by atoms with Crippen LogP contribution in [0.3, 0.4) is 0 Å². The fourth-order valence-corrected chi connectivity index (χ4v) is 2.19. The number of carboxylic acid groups (broad SMARTS) is 1. The molecule has 126 valence electrons. The van der Waals surface area contributed by atoms with Crippen LogP contribution in [0.5, 0.6) is 0 Å². The average molecular weight is 332 g/mol. The van der Waals surface area contributed by atoms with Crippen molar-refractivity contribution >= 4 is 17.7 Å². The lowest BCUT2D eigenvalue weighted by atomic mass is 10.1. The van der Waals surface area contributed by atoms with Crippen LogP contribution in [0.2, 0.25) is 0 Å². The van der Waals surface area contributed by atoms with E-state index in [-0.39, 0.29) is 18.8 Å². The van der Waals surface area contributed by atoms with Crippen molar-refractivity contribution in [3.8, 4) is 0 Å². The summed E-state index contributed by atoms with van der Waals surface area (Å²) in [6.07, 6.45) is 1.47. The smallest absolute Gasteiger partial charge is 0.389 e. The maximum Gasteiger partial charge on any atom is 0.389 e. The minimum Gasteiger partial charge on any atom is -0.480 e. The number of nitrogens with zero attached hydrogens (tertiary/aromatic N) is 4. The predicted molar refractivity (Wildman–Crippen MR) is 83.2 cm³/mol. The number of hydrogen-bond donors (Lipinski definition) is 1. The number of aliphatic carboxylic acids is 1. The third-order valence-corrected chi connectivity index (χ3v) is 3.53. The first-order chi connectivity index (χ1) is 11.4. The van der Waals surface area contributed by atoms with Gasteiger partial charge in [0.15, 0.2) is 0 Å². The molecule has 1 amide bonds. The lowest BCUT2D eigenvalue weighted by molar-refractivity contribution is -0.389. The van der Waals surface area contributed by atoms with Crippen LogP contribution in [0.4, 0.5) is 5.82 Å². The number of aromatic nitrogens is 2. The second kappa shape index (κ2) is 7.36. The molecule has 0 spiro atoms. The largest absolute Gasteiger partial charge is 0.480 e. The van der Waals surface area contributed by atoms with Gasteiger partial charge in [-0.05, 0) is 10.5 Å². The van der Waals surface area contributed by atoms with Crippen LogP contribution in [0.25, 0.3) is 0 Å². The van der Waals surface area contributed by atoms with Gasteiger partial charge in [-0.2, -0.15) is 4.68 Å². The van der Waals surface area contributed by atoms with Crippen molar-refractivity contribution in [2.75, 3.05) is 7.05 Å². The summed E-state index contributed by atoms with van der Waals surface area (Å²) in [5, 5.41) is 23.6. The normalized spacial score (nSPS) is 11.7. The Morgan fingerprint density at radius 1 is 1.33 bits per heavy atom. The zero-order valence-electron chi connectivity index (χ0n) is 12.9. The number of carbonyl (C=O) groups is 2. The molecule has 0 radical (unpaired) electrons. The second-order valence-corrected chi connectivity index (χ2v) is 5.18. The van der Waals surface area contributed by atoms with Crippen LogP contribution >= 0.6 is 0 Å². The summed E-state index contributed by atoms with van der Waals surface area (Å²) >= 11 is 0. The monoisotopic (exact) mass is 332 g/mol. The molecule has 9 nitrogen and oxygen atoms in total. The van der Waals surface area contributed by atoms with E-state index in [1.165, 1.54) is 19.3 Å². The third kappa shape index (κ3) is 4.15. The molecule has 1 atom stereocenters. The van der Waals surface area contributed by atoms with Crippen molar-refractivity contribution in [1.82, 2.24) is 14.7 Å². The maximum absolute atomic E-state index is 12.3. The van der Waals surface area contributed by atoms with Crippen LogP contribution < -0.4 is 0 Å². The molecule has 1 N–H and O–H groups in total. The zero-order chi connectivity index (χ0) is 17.7. The van der Waals surface area contributed by atoms with Crippen molar-refractivity contribution in [2.24, 2.45) is 0 Å². The van der Waals surface area contributed by atoms with Crippen molar-refractivity contribution in [2.45, 2.75) is 19.0 Å². The molecule has 9 heteroatoms. The minimum absolute atomic E-state index is 0.164. The highest BCUT2D eigenvalue weighted by Gasteiger charge is 2.27. The molecule has 0 aliphatic rings. The number of carbonyl (C=O) groups excluding carboxylic acids is 1. The predicted octanol–water partition coefficient (Wildman–Crippen LogP) is 0.946. The molecule has 1 aromatic carbocycles. The third-order valence-electron chi connectivity index (χ3n) is 3.53. The first-order valence-electron chi connectivity index (χ1n) is 7.08. The highest BCUT2D eigenvalue weighted by Crippen LogP contribution is 2.10. The quantitative estimate of drug-likeness (QED) is 0.595. The first-order valence-corrected chi connectivity index (χ1v) is 7.08. The highest BCUT2D eigenvalue weighted by atomic mass is 16.6. The van der Waals surface area contributed by atoms with E-state index in [1.807, 2.05) is 6.07 Å². The summed E-state index contributed by atoms with van der Waals surface area (Å²) in [6.45, 7) is -0.275. The summed E-state index contributed by atoms with van der Waals surface area (Å²) in [5.74, 6) is -2.00. The van der Waals surface area contributed by atoms with Crippen LogP contribution in [0, 0.1) is 10.1 Å². The van der Waals surface area contributed by atoms with Gasteiger partial charge in [0.05, 0.1) is 17.4 Å². The summed E-state index contributed by atoms with van der Waals surface area (Å²) in [4.78, 5) is 34.8. The minimum atomic E-state index is -1.12. The van der Waals surface area contributed by atoms with E-state index in [0.717, 1.165) is 15.1 Å². The van der Waals surface area contributed by atoms with E-state index < -0.39 is 22.8 Å². The molecule has 0 saturated carbocycles. The molecule has 0 fully saturated rings. The van der Waals surface area contributed by atoms with Gasteiger partial charge in [-0.1, -0.05) is 30.3 Å². The maximum atomic E-state index is 12.3. The Hall–Kier alpha value is -3.23. The molecule has 2 rings (SSSR count). The van der Waals surface area contributed by atoms with Crippen molar-refractivity contribution in [3.05, 3.63) is 58.3 Å². The summed E-state index contributed by atoms with van der Waals surface area (Å²) < 4.78 is 1.11. The summed E-state index contributed by atoms with van der Waals surface area (Å²) in [5.41, 5.74) is 0.791. The van der Waals surface area contributed by atoms with E-state index >= 15 is 0 Å². The van der Waals surface area contributed by atoms with Crippen LogP contribution in [0.15, 0.2) is 42.6 Å². The lowest BCUT2D eigenvalue weighted by Crippen LogP contribution is -2.45. The number of rotatable bonds is 7. The van der Waals surface area contributed by atoms with Crippen LogP contribution in [-0.2, 0) is 22.6 Å². The summed E-state index contributed by atoms with van der Waals surface area (Å²) in [7, 11) is 1.39. The topological polar surface area (TPSA) is 119 Å². The molecule has 0 bridgehead atoms. The van der Waals surface area contributed by atoms with Crippen molar-refractivity contribution in [1.29, 1.82) is 0 Å². The van der Waals surface area contributed by atoms with Crippen LogP contribution in [-0.4, -0.2) is 49.7 Å². The van der Waals surface area contributed by atoms with Crippen LogP contribution in [0.1, 0.15) is 5.56 Å². The van der Waals surface area contributed by atoms with Gasteiger partial charge in [-0.15, -0.1) is 0 Å². The molecule has 1 aromatic heterocycles. The SMILES string of the molecule is CN(C(=O)Cn1ccc([N+](=O)[O-])n1)C(Cc1ccccc1)C(=O)O. The highest BCUT2D eigenvalue weighted by molar-refractivity contribution is 5.83. The molecule has 0 aliphatic carbocycles. The Bertz CT molecular complexity index is 743. The Morgan fingerprint density at radius 2 is 2.00 bits per heavy atom. The Labute approximate surface area is 137 Å². The number of benzene rings is 1. The Morgan fingerprint density at radius 3 is 2.54 bits per heavy atom. The van der Waals surface area contributed by atoms with Crippen molar-refractivity contribution < 1.29 is 19.6 Å². The molecule has 2 aromatic rings. The number of hydrogen-bond acceptors (Lipinski definition) is 5. The number of nitro groups is 1. The van der Waals surface area contributed by atoms with E-state index in [4.69, 9.17) is 0 Å². The summed E-state index contributed by atoms with van der Waals surface area (Å²) in [6, 6.07) is 9.10. The molecule has 1 heterocycles. The first kappa shape index (κ1) is 17.1. The molecular weight excluding hydrogens is 316 g/mol. The number of likely N-dealkylation sites (N-methyl/N-ethyl adjacent to an activating group) is 1. The second-order valence-electron chi connectivity index (χ2n) is 5.18. The van der Waals surface area contributed by atoms with Gasteiger partial charge < -0.3 is 20.1 Å². The van der Waals surface area contributed by atoms with E-state index in [0.29, 0.717) is 0 Å².